The number of imidazole rings is 1. The van der Waals surface area contributed by atoms with Crippen LogP contribution in [0, 0.1) is 0 Å². The molecule has 3 heterocycles. The van der Waals surface area contributed by atoms with Gasteiger partial charge in [0.1, 0.15) is 36.4 Å². The second-order valence-corrected chi connectivity index (χ2v) is 13.7. The monoisotopic (exact) mass is 736 g/mol. The molecule has 2 aromatic heterocycles. The van der Waals surface area contributed by atoms with Crippen molar-refractivity contribution in [2.45, 2.75) is 77.6 Å². The number of carbonyl (C=O) groups excluding carboxylic acids is 1. The molecule has 0 N–H and O–H groups in total. The minimum absolute atomic E-state index is 0.0199. The fourth-order valence-corrected chi connectivity index (χ4v) is 7.28. The van der Waals surface area contributed by atoms with Crippen molar-refractivity contribution in [3.8, 4) is 5.75 Å². The number of para-hydroxylation sites is 1. The molecule has 0 aliphatic carbocycles. The van der Waals surface area contributed by atoms with E-state index in [1.165, 1.54) is 6.33 Å². The zero-order valence-electron chi connectivity index (χ0n) is 31.5. The SMILES string of the molecule is [2H]CC1OC(n2cnc3c(CC(=O)COc4ccccc4)ncnc32)C(OC)C1OP(OCCOCCOCCOCCOC)N(C(C)C)C(C)C. The van der Waals surface area contributed by atoms with Gasteiger partial charge in [-0.15, -0.1) is 0 Å². The minimum atomic E-state index is -1.61. The molecule has 3 aromatic rings. The highest BCUT2D eigenvalue weighted by molar-refractivity contribution is 7.44. The molecule has 0 amide bonds. The number of carbonyl (C=O) groups is 1. The first kappa shape index (κ1) is 39.5. The van der Waals surface area contributed by atoms with Gasteiger partial charge in [-0.1, -0.05) is 18.2 Å². The third-order valence-corrected chi connectivity index (χ3v) is 9.97. The van der Waals surface area contributed by atoms with E-state index in [0.717, 1.165) is 0 Å². The normalized spacial score (nSPS) is 20.1. The van der Waals surface area contributed by atoms with E-state index in [1.807, 2.05) is 18.2 Å². The van der Waals surface area contributed by atoms with Crippen molar-refractivity contribution in [2.75, 3.05) is 73.7 Å². The summed E-state index contributed by atoms with van der Waals surface area (Å²) in [7, 11) is 1.61. The minimum Gasteiger partial charge on any atom is -0.486 e. The molecular weight excluding hydrogens is 681 g/mol. The van der Waals surface area contributed by atoms with Crippen molar-refractivity contribution >= 4 is 25.5 Å². The summed E-state index contributed by atoms with van der Waals surface area (Å²) in [5.74, 6) is 0.460. The fraction of sp³-hybridized carbons (Fsp3) is 0.657. The molecule has 1 fully saturated rings. The lowest BCUT2D eigenvalue weighted by Crippen LogP contribution is -2.39. The third-order valence-electron chi connectivity index (χ3n) is 7.84. The summed E-state index contributed by atoms with van der Waals surface area (Å²) in [4.78, 5) is 26.2. The van der Waals surface area contributed by atoms with Gasteiger partial charge in [-0.3, -0.25) is 9.36 Å². The van der Waals surface area contributed by atoms with Crippen LogP contribution in [0.3, 0.4) is 0 Å². The van der Waals surface area contributed by atoms with Gasteiger partial charge in [-0.2, -0.15) is 0 Å². The number of hydrogen-bond donors (Lipinski definition) is 0. The Morgan fingerprint density at radius 3 is 2.22 bits per heavy atom. The summed E-state index contributed by atoms with van der Waals surface area (Å²) in [6.45, 7) is 11.8. The van der Waals surface area contributed by atoms with E-state index in [2.05, 4.69) is 47.3 Å². The summed E-state index contributed by atoms with van der Waals surface area (Å²) in [5.41, 5.74) is 1.42. The average molecular weight is 737 g/mol. The lowest BCUT2D eigenvalue weighted by atomic mass is 10.1. The van der Waals surface area contributed by atoms with E-state index >= 15 is 0 Å². The van der Waals surface area contributed by atoms with Gasteiger partial charge in [-0.05, 0) is 46.7 Å². The van der Waals surface area contributed by atoms with Gasteiger partial charge in [0.05, 0.1) is 77.4 Å². The number of methoxy groups -OCH3 is 2. The van der Waals surface area contributed by atoms with Crippen molar-refractivity contribution < 1.29 is 48.4 Å². The maximum atomic E-state index is 12.8. The van der Waals surface area contributed by atoms with Crippen LogP contribution in [0.4, 0.5) is 0 Å². The van der Waals surface area contributed by atoms with Crippen LogP contribution in [0.2, 0.25) is 0 Å². The molecule has 284 valence electrons. The molecule has 0 bridgehead atoms. The van der Waals surface area contributed by atoms with Gasteiger partial charge in [0.15, 0.2) is 17.7 Å². The number of ketones is 1. The van der Waals surface area contributed by atoms with Gasteiger partial charge in [0.25, 0.3) is 8.53 Å². The smallest absolute Gasteiger partial charge is 0.259 e. The van der Waals surface area contributed by atoms with Crippen molar-refractivity contribution in [1.29, 1.82) is 0 Å². The summed E-state index contributed by atoms with van der Waals surface area (Å²) < 4.78 is 65.1. The molecule has 51 heavy (non-hydrogen) atoms. The second-order valence-electron chi connectivity index (χ2n) is 12.3. The number of aromatic nitrogens is 4. The van der Waals surface area contributed by atoms with Crippen molar-refractivity contribution in [3.63, 3.8) is 0 Å². The van der Waals surface area contributed by atoms with Gasteiger partial charge in [0.2, 0.25) is 0 Å². The highest BCUT2D eigenvalue weighted by Gasteiger charge is 2.48. The van der Waals surface area contributed by atoms with Crippen LogP contribution >= 0.6 is 8.53 Å². The molecule has 1 aliphatic rings. The van der Waals surface area contributed by atoms with Gasteiger partial charge < -0.3 is 42.2 Å². The topological polar surface area (TPSA) is 147 Å². The summed E-state index contributed by atoms with van der Waals surface area (Å²) in [6, 6.07) is 9.37. The Morgan fingerprint density at radius 1 is 0.922 bits per heavy atom. The molecular formula is C35H54N5O10P. The molecule has 15 nitrogen and oxygen atoms in total. The number of fused-ring (bicyclic) bond motifs is 1. The number of rotatable bonds is 25. The second kappa shape index (κ2) is 21.7. The van der Waals surface area contributed by atoms with Gasteiger partial charge in [-0.25, -0.2) is 19.6 Å². The molecule has 1 aliphatic heterocycles. The van der Waals surface area contributed by atoms with E-state index in [4.69, 9.17) is 43.6 Å². The number of nitrogens with zero attached hydrogens (tertiary/aromatic N) is 5. The third kappa shape index (κ3) is 12.2. The van der Waals surface area contributed by atoms with E-state index in [-0.39, 0.29) is 37.8 Å². The van der Waals surface area contributed by atoms with Crippen LogP contribution in [0.5, 0.6) is 5.75 Å². The quantitative estimate of drug-likeness (QED) is 0.0895. The Morgan fingerprint density at radius 2 is 1.59 bits per heavy atom. The molecule has 5 unspecified atom stereocenters. The zero-order chi connectivity index (χ0) is 37.3. The lowest BCUT2D eigenvalue weighted by Gasteiger charge is -2.38. The van der Waals surface area contributed by atoms with Crippen molar-refractivity contribution in [3.05, 3.63) is 48.7 Å². The van der Waals surface area contributed by atoms with Crippen molar-refractivity contribution in [2.24, 2.45) is 0 Å². The summed E-state index contributed by atoms with van der Waals surface area (Å²) in [6.07, 6.45) is 0.392. The van der Waals surface area contributed by atoms with Crippen molar-refractivity contribution in [1.82, 2.24) is 24.2 Å². The Labute approximate surface area is 303 Å². The molecule has 0 radical (unpaired) electrons. The first-order valence-corrected chi connectivity index (χ1v) is 18.4. The van der Waals surface area contributed by atoms with Crippen LogP contribution in [0.1, 0.15) is 47.9 Å². The molecule has 0 spiro atoms. The standard InChI is InChI=1S/C35H54N5O10P/c1-25(2)40(26(3)4)51(48-20-19-46-18-17-45-16-15-44-14-13-42-6)50-32-27(5)49-35(33(32)43-7)39-24-38-31-30(36-23-37-34(31)39)21-28(41)22-47-29-11-9-8-10-12-29/h8-12,23-27,32-33,35H,13-22H2,1-7H3/i5D. The maximum absolute atomic E-state index is 12.8. The number of Topliss-reactive ketones (excluding diaryl/α,β-unsaturated/α-hetero) is 1. The first-order valence-electron chi connectivity index (χ1n) is 17.9. The van der Waals surface area contributed by atoms with Crippen LogP contribution in [0.15, 0.2) is 43.0 Å². The molecule has 5 atom stereocenters. The van der Waals surface area contributed by atoms with Gasteiger partial charge in [0, 0.05) is 27.7 Å². The zero-order valence-corrected chi connectivity index (χ0v) is 31.4. The Balaban J connectivity index is 1.40. The van der Waals surface area contributed by atoms with E-state index in [1.54, 1.807) is 37.2 Å². The van der Waals surface area contributed by atoms with Gasteiger partial charge >= 0.3 is 0 Å². The average Bonchev–Trinajstić information content (AvgIpc) is 3.72. The largest absolute Gasteiger partial charge is 0.486 e. The van der Waals surface area contributed by atoms with Crippen LogP contribution < -0.4 is 4.74 Å². The fourth-order valence-electron chi connectivity index (χ4n) is 5.53. The highest BCUT2D eigenvalue weighted by atomic mass is 31.2. The molecule has 1 saturated heterocycles. The Hall–Kier alpha value is -2.69. The predicted molar refractivity (Wildman–Crippen MR) is 191 cm³/mol. The Kier molecular flexibility index (Phi) is 16.8. The number of benzene rings is 1. The van der Waals surface area contributed by atoms with Crippen LogP contribution in [-0.4, -0.2) is 134 Å². The maximum Gasteiger partial charge on any atom is 0.259 e. The first-order chi connectivity index (χ1) is 25.3. The predicted octanol–water partition coefficient (Wildman–Crippen LogP) is 4.39. The van der Waals surface area contributed by atoms with Crippen LogP contribution in [0.25, 0.3) is 11.2 Å². The Bertz CT molecular complexity index is 1450. The lowest BCUT2D eigenvalue weighted by molar-refractivity contribution is -0.120. The molecule has 16 heteroatoms. The van der Waals surface area contributed by atoms with E-state index < -0.39 is 33.1 Å². The molecule has 0 saturated carbocycles. The van der Waals surface area contributed by atoms with Crippen LogP contribution in [-0.2, 0) is 48.7 Å². The number of ether oxygens (including phenoxy) is 7. The number of hydrogen-bond acceptors (Lipinski definition) is 14. The van der Waals surface area contributed by atoms with E-state index in [9.17, 15) is 4.79 Å². The molecule has 1 aromatic carbocycles. The highest BCUT2D eigenvalue weighted by Crippen LogP contribution is 2.50. The summed E-state index contributed by atoms with van der Waals surface area (Å²) >= 11 is 0. The van der Waals surface area contributed by atoms with E-state index in [0.29, 0.717) is 75.5 Å². The summed E-state index contributed by atoms with van der Waals surface area (Å²) in [5, 5.41) is 0. The molecule has 4 rings (SSSR count).